The van der Waals surface area contributed by atoms with Gasteiger partial charge in [-0.2, -0.15) is 0 Å². The van der Waals surface area contributed by atoms with Crippen LogP contribution in [0.25, 0.3) is 11.5 Å². The summed E-state index contributed by atoms with van der Waals surface area (Å²) in [4.78, 5) is 16.1. The molecule has 6 nitrogen and oxygen atoms in total. The lowest BCUT2D eigenvalue weighted by Crippen LogP contribution is -2.41. The second-order valence-electron chi connectivity index (χ2n) is 7.42. The fraction of sp³-hybridized carbons (Fsp3) is 0.348. The molecule has 1 saturated heterocycles. The number of nitrogens with one attached hydrogen (secondary N) is 1. The fourth-order valence-corrected chi connectivity index (χ4v) is 3.64. The number of halogens is 1. The molecule has 1 aromatic carbocycles. The minimum absolute atomic E-state index is 0.0856. The SMILES string of the molecule is Cc1nc(-c2ccccn2)nc(NCC(c2ccc(F)cc2)N2CCOCC2)c1C. The van der Waals surface area contributed by atoms with Gasteiger partial charge in [-0.25, -0.2) is 14.4 Å². The first-order valence-electron chi connectivity index (χ1n) is 10.2. The van der Waals surface area contributed by atoms with E-state index in [2.05, 4.69) is 20.2 Å². The molecule has 0 amide bonds. The summed E-state index contributed by atoms with van der Waals surface area (Å²) in [7, 11) is 0. The average Bonchev–Trinajstić information content (AvgIpc) is 2.79. The van der Waals surface area contributed by atoms with E-state index >= 15 is 0 Å². The van der Waals surface area contributed by atoms with Crippen molar-refractivity contribution in [2.75, 3.05) is 38.2 Å². The number of anilines is 1. The Morgan fingerprint density at radius 2 is 1.83 bits per heavy atom. The highest BCUT2D eigenvalue weighted by Crippen LogP contribution is 2.25. The summed E-state index contributed by atoms with van der Waals surface area (Å²) in [5.41, 5.74) is 3.73. The highest BCUT2D eigenvalue weighted by atomic mass is 19.1. The van der Waals surface area contributed by atoms with Crippen molar-refractivity contribution in [2.45, 2.75) is 19.9 Å². The van der Waals surface area contributed by atoms with Crippen LogP contribution >= 0.6 is 0 Å². The van der Waals surface area contributed by atoms with Crippen molar-refractivity contribution in [1.82, 2.24) is 19.9 Å². The Morgan fingerprint density at radius 3 is 2.53 bits per heavy atom. The molecule has 0 spiro atoms. The van der Waals surface area contributed by atoms with Crippen molar-refractivity contribution in [2.24, 2.45) is 0 Å². The summed E-state index contributed by atoms with van der Waals surface area (Å²) in [6.07, 6.45) is 1.74. The number of benzene rings is 1. The van der Waals surface area contributed by atoms with Gasteiger partial charge in [-0.15, -0.1) is 0 Å². The Bertz CT molecular complexity index is 975. The highest BCUT2D eigenvalue weighted by molar-refractivity contribution is 5.56. The molecule has 0 aliphatic carbocycles. The van der Waals surface area contributed by atoms with Gasteiger partial charge in [0.2, 0.25) is 0 Å². The van der Waals surface area contributed by atoms with Crippen molar-refractivity contribution in [3.05, 3.63) is 71.3 Å². The first-order valence-corrected chi connectivity index (χ1v) is 10.2. The molecule has 30 heavy (non-hydrogen) atoms. The van der Waals surface area contributed by atoms with E-state index < -0.39 is 0 Å². The maximum absolute atomic E-state index is 13.5. The van der Waals surface area contributed by atoms with Gasteiger partial charge in [0, 0.05) is 37.1 Å². The van der Waals surface area contributed by atoms with Crippen LogP contribution in [0.5, 0.6) is 0 Å². The van der Waals surface area contributed by atoms with E-state index in [1.54, 1.807) is 6.20 Å². The fourth-order valence-electron chi connectivity index (χ4n) is 3.64. The summed E-state index contributed by atoms with van der Waals surface area (Å²) in [5.74, 6) is 1.17. The molecule has 156 valence electrons. The zero-order chi connectivity index (χ0) is 20.9. The molecule has 1 atom stereocenters. The van der Waals surface area contributed by atoms with E-state index in [1.165, 1.54) is 12.1 Å². The van der Waals surface area contributed by atoms with Gasteiger partial charge in [-0.1, -0.05) is 18.2 Å². The molecule has 3 heterocycles. The van der Waals surface area contributed by atoms with Crippen LogP contribution in [0.15, 0.2) is 48.7 Å². The third-order valence-corrected chi connectivity index (χ3v) is 5.49. The summed E-state index contributed by atoms with van der Waals surface area (Å²) >= 11 is 0. The van der Waals surface area contributed by atoms with E-state index in [9.17, 15) is 4.39 Å². The Labute approximate surface area is 176 Å². The Balaban J connectivity index is 1.60. The van der Waals surface area contributed by atoms with E-state index in [0.29, 0.717) is 25.6 Å². The molecule has 0 radical (unpaired) electrons. The highest BCUT2D eigenvalue weighted by Gasteiger charge is 2.23. The van der Waals surface area contributed by atoms with Gasteiger partial charge in [-0.05, 0) is 43.7 Å². The number of nitrogens with zero attached hydrogens (tertiary/aromatic N) is 4. The molecule has 2 aromatic heterocycles. The van der Waals surface area contributed by atoms with Crippen molar-refractivity contribution in [3.63, 3.8) is 0 Å². The Hall–Kier alpha value is -2.90. The topological polar surface area (TPSA) is 63.2 Å². The molecule has 3 aromatic rings. The quantitative estimate of drug-likeness (QED) is 0.671. The molecule has 4 rings (SSSR count). The van der Waals surface area contributed by atoms with Crippen LogP contribution in [0.3, 0.4) is 0 Å². The molecule has 1 aliphatic rings. The largest absolute Gasteiger partial charge is 0.379 e. The number of rotatable bonds is 6. The van der Waals surface area contributed by atoms with Crippen LogP contribution in [0, 0.1) is 19.7 Å². The monoisotopic (exact) mass is 407 g/mol. The third-order valence-electron chi connectivity index (χ3n) is 5.49. The number of pyridine rings is 1. The van der Waals surface area contributed by atoms with Crippen molar-refractivity contribution in [1.29, 1.82) is 0 Å². The van der Waals surface area contributed by atoms with Gasteiger partial charge < -0.3 is 10.1 Å². The molecular weight excluding hydrogens is 381 g/mol. The van der Waals surface area contributed by atoms with Crippen LogP contribution in [0.1, 0.15) is 22.9 Å². The predicted octanol–water partition coefficient (Wildman–Crippen LogP) is 3.78. The van der Waals surface area contributed by atoms with Gasteiger partial charge in [-0.3, -0.25) is 9.88 Å². The lowest BCUT2D eigenvalue weighted by atomic mass is 10.0. The minimum Gasteiger partial charge on any atom is -0.379 e. The van der Waals surface area contributed by atoms with E-state index in [1.807, 2.05) is 44.2 Å². The lowest BCUT2D eigenvalue weighted by molar-refractivity contribution is 0.0187. The standard InChI is InChI=1S/C23H26FN5O/c1-16-17(2)27-23(20-5-3-4-10-25-20)28-22(16)26-15-21(29-11-13-30-14-12-29)18-6-8-19(24)9-7-18/h3-10,21H,11-15H2,1-2H3,(H,26,27,28). The van der Waals surface area contributed by atoms with Crippen LogP contribution in [-0.2, 0) is 4.74 Å². The molecule has 1 aliphatic heterocycles. The maximum atomic E-state index is 13.5. The van der Waals surface area contributed by atoms with Gasteiger partial charge in [0.05, 0.1) is 19.3 Å². The average molecular weight is 407 g/mol. The van der Waals surface area contributed by atoms with Gasteiger partial charge in [0.15, 0.2) is 5.82 Å². The Morgan fingerprint density at radius 1 is 1.07 bits per heavy atom. The number of ether oxygens (including phenoxy) is 1. The van der Waals surface area contributed by atoms with Gasteiger partial charge >= 0.3 is 0 Å². The molecule has 1 fully saturated rings. The predicted molar refractivity (Wildman–Crippen MR) is 115 cm³/mol. The first kappa shape index (κ1) is 20.4. The number of hydrogen-bond donors (Lipinski definition) is 1. The smallest absolute Gasteiger partial charge is 0.180 e. The maximum Gasteiger partial charge on any atom is 0.180 e. The summed E-state index contributed by atoms with van der Waals surface area (Å²) in [6.45, 7) is 7.72. The number of aromatic nitrogens is 3. The summed E-state index contributed by atoms with van der Waals surface area (Å²) < 4.78 is 19.0. The zero-order valence-corrected chi connectivity index (χ0v) is 17.3. The van der Waals surface area contributed by atoms with E-state index in [-0.39, 0.29) is 11.9 Å². The number of aryl methyl sites for hydroxylation is 1. The molecular formula is C23H26FN5O. The third kappa shape index (κ3) is 4.63. The van der Waals surface area contributed by atoms with E-state index in [0.717, 1.165) is 41.4 Å². The van der Waals surface area contributed by atoms with Crippen LogP contribution in [0.4, 0.5) is 10.2 Å². The second-order valence-corrected chi connectivity index (χ2v) is 7.42. The van der Waals surface area contributed by atoms with Gasteiger partial charge in [0.25, 0.3) is 0 Å². The lowest BCUT2D eigenvalue weighted by Gasteiger charge is -2.35. The second kappa shape index (κ2) is 9.28. The first-order chi connectivity index (χ1) is 14.6. The summed E-state index contributed by atoms with van der Waals surface area (Å²) in [5, 5.41) is 3.52. The normalized spacial score (nSPS) is 15.7. The summed E-state index contributed by atoms with van der Waals surface area (Å²) in [6, 6.07) is 12.5. The Kier molecular flexibility index (Phi) is 6.30. The van der Waals surface area contributed by atoms with Crippen LogP contribution < -0.4 is 5.32 Å². The van der Waals surface area contributed by atoms with Crippen molar-refractivity contribution < 1.29 is 9.13 Å². The van der Waals surface area contributed by atoms with Gasteiger partial charge in [0.1, 0.15) is 17.3 Å². The molecule has 0 bridgehead atoms. The minimum atomic E-state index is -0.227. The van der Waals surface area contributed by atoms with Crippen LogP contribution in [-0.4, -0.2) is 52.7 Å². The molecule has 1 N–H and O–H groups in total. The zero-order valence-electron chi connectivity index (χ0n) is 17.3. The molecule has 7 heteroatoms. The van der Waals surface area contributed by atoms with Crippen molar-refractivity contribution in [3.8, 4) is 11.5 Å². The number of hydrogen-bond acceptors (Lipinski definition) is 6. The number of morpholine rings is 1. The van der Waals surface area contributed by atoms with Crippen molar-refractivity contribution >= 4 is 5.82 Å². The van der Waals surface area contributed by atoms with Crippen LogP contribution in [0.2, 0.25) is 0 Å². The molecule has 0 saturated carbocycles. The molecule has 1 unspecified atom stereocenters. The van der Waals surface area contributed by atoms with E-state index in [4.69, 9.17) is 9.72 Å².